The Labute approximate surface area is 166 Å². The van der Waals surface area contributed by atoms with Crippen LogP contribution in [0.1, 0.15) is 52.5 Å². The van der Waals surface area contributed by atoms with Crippen molar-refractivity contribution in [1.82, 2.24) is 4.90 Å². The van der Waals surface area contributed by atoms with Crippen molar-refractivity contribution in [2.24, 2.45) is 17.3 Å². The molecule has 1 N–H and O–H groups in total. The van der Waals surface area contributed by atoms with Gasteiger partial charge in [0, 0.05) is 22.6 Å². The summed E-state index contributed by atoms with van der Waals surface area (Å²) < 4.78 is 7.11. The van der Waals surface area contributed by atoms with Crippen LogP contribution in [-0.2, 0) is 0 Å². The predicted molar refractivity (Wildman–Crippen MR) is 109 cm³/mol. The van der Waals surface area contributed by atoms with E-state index in [1.807, 2.05) is 18.2 Å². The number of likely N-dealkylation sites (tertiary alicyclic amines) is 1. The van der Waals surface area contributed by atoms with E-state index in [9.17, 15) is 9.90 Å². The average molecular weight is 426 g/mol. The predicted octanol–water partition coefficient (Wildman–Crippen LogP) is 5.97. The summed E-state index contributed by atoms with van der Waals surface area (Å²) in [5.41, 5.74) is 1.09. The number of amides is 1. The van der Waals surface area contributed by atoms with E-state index >= 15 is 0 Å². The molecule has 1 saturated heterocycles. The first-order valence-corrected chi connectivity index (χ1v) is 10.3. The molecular formula is C21H32BrNO3. The Morgan fingerprint density at radius 1 is 1.42 bits per heavy atom. The maximum absolute atomic E-state index is 11.6. The minimum atomic E-state index is -0.787. The lowest BCUT2D eigenvalue weighted by Gasteiger charge is -2.45. The van der Waals surface area contributed by atoms with E-state index in [1.54, 1.807) is 4.90 Å². The third-order valence-corrected chi connectivity index (χ3v) is 6.29. The van der Waals surface area contributed by atoms with Gasteiger partial charge in [0.1, 0.15) is 5.75 Å². The summed E-state index contributed by atoms with van der Waals surface area (Å²) in [6.07, 6.45) is 2.17. The summed E-state index contributed by atoms with van der Waals surface area (Å²) in [4.78, 5) is 13.2. The molecule has 3 unspecified atom stereocenters. The SMILES string of the molecule is Cc1c(Br)cccc1OCC(C)CC1CCN(C(=O)O)C(C(C)(C)C)C1. The minimum absolute atomic E-state index is 0.0375. The van der Waals surface area contributed by atoms with E-state index in [0.717, 1.165) is 35.0 Å². The van der Waals surface area contributed by atoms with Crippen molar-refractivity contribution in [2.75, 3.05) is 13.2 Å². The van der Waals surface area contributed by atoms with Crippen LogP contribution >= 0.6 is 15.9 Å². The molecule has 146 valence electrons. The molecule has 4 nitrogen and oxygen atoms in total. The Kier molecular flexibility index (Phi) is 7.00. The van der Waals surface area contributed by atoms with E-state index in [0.29, 0.717) is 25.0 Å². The highest BCUT2D eigenvalue weighted by Crippen LogP contribution is 2.37. The van der Waals surface area contributed by atoms with Crippen LogP contribution in [0.2, 0.25) is 0 Å². The summed E-state index contributed by atoms with van der Waals surface area (Å²) in [5.74, 6) is 1.92. The Hall–Kier alpha value is -1.23. The largest absolute Gasteiger partial charge is 0.493 e. The number of hydrogen-bond donors (Lipinski definition) is 1. The zero-order chi connectivity index (χ0) is 19.5. The van der Waals surface area contributed by atoms with Gasteiger partial charge in [-0.3, -0.25) is 0 Å². The first-order valence-electron chi connectivity index (χ1n) is 9.47. The van der Waals surface area contributed by atoms with Gasteiger partial charge in [-0.05, 0) is 55.6 Å². The smallest absolute Gasteiger partial charge is 0.407 e. The fraction of sp³-hybridized carbons (Fsp3) is 0.667. The van der Waals surface area contributed by atoms with Gasteiger partial charge in [0.25, 0.3) is 0 Å². The average Bonchev–Trinajstić information content (AvgIpc) is 2.55. The Balaban J connectivity index is 1.91. The number of carboxylic acid groups (broad SMARTS) is 1. The number of carbonyl (C=O) groups is 1. The Bertz CT molecular complexity index is 626. The van der Waals surface area contributed by atoms with Crippen molar-refractivity contribution in [3.05, 3.63) is 28.2 Å². The lowest BCUT2D eigenvalue weighted by atomic mass is 9.75. The Morgan fingerprint density at radius 3 is 2.73 bits per heavy atom. The number of halogens is 1. The fourth-order valence-electron chi connectivity index (χ4n) is 3.92. The second-order valence-electron chi connectivity index (χ2n) is 8.76. The number of ether oxygens (including phenoxy) is 1. The molecule has 1 aromatic carbocycles. The van der Waals surface area contributed by atoms with Gasteiger partial charge >= 0.3 is 6.09 Å². The van der Waals surface area contributed by atoms with E-state index in [-0.39, 0.29) is 11.5 Å². The van der Waals surface area contributed by atoms with Gasteiger partial charge in [-0.15, -0.1) is 0 Å². The lowest BCUT2D eigenvalue weighted by molar-refractivity contribution is 0.0346. The van der Waals surface area contributed by atoms with Gasteiger partial charge in [-0.2, -0.15) is 0 Å². The molecule has 1 heterocycles. The third kappa shape index (κ3) is 5.38. The molecule has 1 aromatic rings. The minimum Gasteiger partial charge on any atom is -0.493 e. The van der Waals surface area contributed by atoms with Crippen molar-refractivity contribution >= 4 is 22.0 Å². The van der Waals surface area contributed by atoms with Crippen molar-refractivity contribution in [3.8, 4) is 5.75 Å². The number of benzene rings is 1. The topological polar surface area (TPSA) is 49.8 Å². The van der Waals surface area contributed by atoms with E-state index in [4.69, 9.17) is 4.74 Å². The zero-order valence-corrected chi connectivity index (χ0v) is 18.2. The van der Waals surface area contributed by atoms with Crippen LogP contribution in [0.3, 0.4) is 0 Å². The lowest BCUT2D eigenvalue weighted by Crippen LogP contribution is -2.51. The number of rotatable bonds is 5. The summed E-state index contributed by atoms with van der Waals surface area (Å²) in [5, 5.41) is 9.50. The monoisotopic (exact) mass is 425 g/mol. The highest BCUT2D eigenvalue weighted by molar-refractivity contribution is 9.10. The van der Waals surface area contributed by atoms with Gasteiger partial charge in [0.15, 0.2) is 0 Å². The van der Waals surface area contributed by atoms with Crippen molar-refractivity contribution < 1.29 is 14.6 Å². The van der Waals surface area contributed by atoms with Crippen LogP contribution in [0.25, 0.3) is 0 Å². The molecular weight excluding hydrogens is 394 g/mol. The molecule has 1 fully saturated rings. The molecule has 1 aliphatic rings. The highest BCUT2D eigenvalue weighted by Gasteiger charge is 2.38. The molecule has 0 saturated carbocycles. The third-order valence-electron chi connectivity index (χ3n) is 5.43. The molecule has 3 atom stereocenters. The summed E-state index contributed by atoms with van der Waals surface area (Å²) >= 11 is 3.54. The molecule has 1 amide bonds. The van der Waals surface area contributed by atoms with Crippen LogP contribution in [-0.4, -0.2) is 35.3 Å². The van der Waals surface area contributed by atoms with Crippen LogP contribution in [0.5, 0.6) is 5.75 Å². The summed E-state index contributed by atoms with van der Waals surface area (Å²) in [6, 6.07) is 6.11. The van der Waals surface area contributed by atoms with Gasteiger partial charge < -0.3 is 14.7 Å². The van der Waals surface area contributed by atoms with Gasteiger partial charge in [-0.1, -0.05) is 49.7 Å². The van der Waals surface area contributed by atoms with E-state index < -0.39 is 6.09 Å². The summed E-state index contributed by atoms with van der Waals surface area (Å²) in [7, 11) is 0. The first kappa shape index (κ1) is 21.1. The molecule has 2 rings (SSSR count). The highest BCUT2D eigenvalue weighted by atomic mass is 79.9. The second-order valence-corrected chi connectivity index (χ2v) is 9.62. The zero-order valence-electron chi connectivity index (χ0n) is 16.6. The molecule has 0 bridgehead atoms. The van der Waals surface area contributed by atoms with Gasteiger partial charge in [0.2, 0.25) is 0 Å². The van der Waals surface area contributed by atoms with Crippen molar-refractivity contribution in [3.63, 3.8) is 0 Å². The summed E-state index contributed by atoms with van der Waals surface area (Å²) in [6.45, 7) is 12.0. The second kappa shape index (κ2) is 8.64. The number of nitrogens with zero attached hydrogens (tertiary/aromatic N) is 1. The molecule has 0 radical (unpaired) electrons. The van der Waals surface area contributed by atoms with Crippen LogP contribution in [0.4, 0.5) is 4.79 Å². The maximum atomic E-state index is 11.6. The Morgan fingerprint density at radius 2 is 2.12 bits per heavy atom. The molecule has 0 aromatic heterocycles. The molecule has 0 spiro atoms. The van der Waals surface area contributed by atoms with E-state index in [1.165, 1.54) is 0 Å². The molecule has 26 heavy (non-hydrogen) atoms. The van der Waals surface area contributed by atoms with Gasteiger partial charge in [0.05, 0.1) is 6.61 Å². The standard InChI is InChI=1S/C21H32BrNO3/c1-14(13-26-18-8-6-7-17(22)15(18)2)11-16-9-10-23(20(24)25)19(12-16)21(3,4)5/h6-8,14,16,19H,9-13H2,1-5H3,(H,24,25). The number of piperidine rings is 1. The van der Waals surface area contributed by atoms with Crippen molar-refractivity contribution in [2.45, 2.75) is 59.9 Å². The molecule has 0 aliphatic carbocycles. The van der Waals surface area contributed by atoms with Gasteiger partial charge in [-0.25, -0.2) is 4.79 Å². The molecule has 5 heteroatoms. The molecule has 1 aliphatic heterocycles. The quantitative estimate of drug-likeness (QED) is 0.631. The fourth-order valence-corrected chi connectivity index (χ4v) is 4.26. The number of hydrogen-bond acceptors (Lipinski definition) is 2. The maximum Gasteiger partial charge on any atom is 0.407 e. The normalized spacial score (nSPS) is 22.2. The van der Waals surface area contributed by atoms with Crippen molar-refractivity contribution in [1.29, 1.82) is 0 Å². The first-order chi connectivity index (χ1) is 12.1. The van der Waals surface area contributed by atoms with Crippen LogP contribution < -0.4 is 4.74 Å². The van der Waals surface area contributed by atoms with E-state index in [2.05, 4.69) is 50.5 Å². The van der Waals surface area contributed by atoms with Crippen LogP contribution in [0, 0.1) is 24.2 Å². The van der Waals surface area contributed by atoms with Crippen LogP contribution in [0.15, 0.2) is 22.7 Å².